The molecule has 4 rings (SSSR count). The van der Waals surface area contributed by atoms with Crippen molar-refractivity contribution in [2.24, 2.45) is 0 Å². The monoisotopic (exact) mass is 404 g/mol. The number of aromatic amines is 1. The molecule has 0 saturated heterocycles. The summed E-state index contributed by atoms with van der Waals surface area (Å²) < 4.78 is 15.3. The minimum absolute atomic E-state index is 0.0450. The van der Waals surface area contributed by atoms with Crippen molar-refractivity contribution in [2.75, 3.05) is 0 Å². The minimum atomic E-state index is -0.567. The number of H-pyrrole nitrogens is 1. The van der Waals surface area contributed by atoms with Gasteiger partial charge in [0.2, 0.25) is 5.43 Å². The smallest absolute Gasteiger partial charge is 0.242 e. The van der Waals surface area contributed by atoms with Gasteiger partial charge in [-0.05, 0) is 42.2 Å². The van der Waals surface area contributed by atoms with E-state index < -0.39 is 11.2 Å². The van der Waals surface area contributed by atoms with E-state index >= 15 is 0 Å². The van der Waals surface area contributed by atoms with Crippen molar-refractivity contribution in [1.82, 2.24) is 19.7 Å². The second-order valence-electron chi connectivity index (χ2n) is 7.15. The number of nitrogens with zero attached hydrogens (tertiary/aromatic N) is 3. The largest absolute Gasteiger partial charge is 0.503 e. The van der Waals surface area contributed by atoms with Crippen LogP contribution in [-0.4, -0.2) is 24.9 Å². The number of imidazole rings is 1. The summed E-state index contributed by atoms with van der Waals surface area (Å²) in [4.78, 5) is 16.0. The molecule has 1 unspecified atom stereocenters. The Bertz CT molecular complexity index is 1210. The minimum Gasteiger partial charge on any atom is -0.503 e. The van der Waals surface area contributed by atoms with Crippen LogP contribution in [-0.2, 0) is 6.54 Å². The van der Waals surface area contributed by atoms with Crippen LogP contribution in [0.15, 0.2) is 71.9 Å². The molecule has 1 atom stereocenters. The van der Waals surface area contributed by atoms with E-state index in [9.17, 15) is 14.3 Å². The van der Waals surface area contributed by atoms with Crippen LogP contribution in [0.25, 0.3) is 11.5 Å². The maximum Gasteiger partial charge on any atom is 0.242 e. The van der Waals surface area contributed by atoms with Crippen LogP contribution in [0.2, 0.25) is 0 Å². The zero-order valence-corrected chi connectivity index (χ0v) is 16.4. The number of rotatable bonds is 6. The summed E-state index contributed by atoms with van der Waals surface area (Å²) in [7, 11) is 0. The molecule has 7 heteroatoms. The van der Waals surface area contributed by atoms with Crippen LogP contribution >= 0.6 is 0 Å². The first-order valence-electron chi connectivity index (χ1n) is 9.63. The summed E-state index contributed by atoms with van der Waals surface area (Å²) >= 11 is 0. The van der Waals surface area contributed by atoms with Gasteiger partial charge in [0.05, 0.1) is 6.20 Å². The van der Waals surface area contributed by atoms with Crippen LogP contribution in [0.3, 0.4) is 0 Å². The molecular formula is C23H21FN4O2. The molecule has 30 heavy (non-hydrogen) atoms. The van der Waals surface area contributed by atoms with E-state index in [0.29, 0.717) is 18.8 Å². The maximum atomic E-state index is 13.5. The van der Waals surface area contributed by atoms with Crippen molar-refractivity contribution in [3.8, 4) is 17.3 Å². The molecule has 0 radical (unpaired) electrons. The topological polar surface area (TPSA) is 83.8 Å². The highest BCUT2D eigenvalue weighted by molar-refractivity contribution is 5.57. The Morgan fingerprint density at radius 1 is 1.17 bits per heavy atom. The summed E-state index contributed by atoms with van der Waals surface area (Å²) in [6, 6.07) is 14.7. The van der Waals surface area contributed by atoms with Gasteiger partial charge in [0, 0.05) is 24.9 Å². The summed E-state index contributed by atoms with van der Waals surface area (Å²) in [5.41, 5.74) is 2.96. The first-order valence-corrected chi connectivity index (χ1v) is 9.63. The first kappa shape index (κ1) is 19.6. The lowest BCUT2D eigenvalue weighted by Gasteiger charge is -2.21. The molecule has 2 N–H and O–H groups in total. The van der Waals surface area contributed by atoms with Crippen molar-refractivity contribution in [1.29, 1.82) is 0 Å². The van der Waals surface area contributed by atoms with Crippen molar-refractivity contribution in [3.63, 3.8) is 0 Å². The fourth-order valence-corrected chi connectivity index (χ4v) is 3.71. The molecule has 2 aromatic heterocycles. The van der Waals surface area contributed by atoms with Gasteiger partial charge in [-0.15, -0.1) is 0 Å². The number of halogens is 1. The number of aromatic nitrogens is 4. The van der Waals surface area contributed by atoms with Gasteiger partial charge in [0.25, 0.3) is 0 Å². The summed E-state index contributed by atoms with van der Waals surface area (Å²) in [6.07, 6.45) is 5.14. The molecule has 0 saturated carbocycles. The molecule has 0 spiro atoms. The van der Waals surface area contributed by atoms with Crippen molar-refractivity contribution >= 4 is 0 Å². The number of aromatic hydroxyl groups is 1. The fourth-order valence-electron chi connectivity index (χ4n) is 3.71. The Morgan fingerprint density at radius 2 is 1.93 bits per heavy atom. The molecule has 0 aliphatic rings. The molecule has 2 aromatic carbocycles. The van der Waals surface area contributed by atoms with Gasteiger partial charge in [-0.25, -0.2) is 9.37 Å². The standard InChI is InChI=1S/C23H21FN4O2/c1-15-4-2-3-5-18(15)19(16-6-8-17(24)9-7-16)10-12-28-13-11-25-23(28)21-22(30)20(29)14-26-27-21/h2-9,11,13-14,19H,10,12H2,1H3,(H,26,30)(H,27,29). The molecule has 0 bridgehead atoms. The van der Waals surface area contributed by atoms with E-state index in [2.05, 4.69) is 34.2 Å². The van der Waals surface area contributed by atoms with E-state index in [1.165, 1.54) is 17.7 Å². The number of aryl methyl sites for hydroxylation is 2. The van der Waals surface area contributed by atoms with E-state index in [1.54, 1.807) is 12.4 Å². The molecule has 152 valence electrons. The molecule has 0 fully saturated rings. The second-order valence-corrected chi connectivity index (χ2v) is 7.15. The number of hydrogen-bond acceptors (Lipinski definition) is 4. The molecule has 2 heterocycles. The van der Waals surface area contributed by atoms with Gasteiger partial charge in [0.15, 0.2) is 11.6 Å². The summed E-state index contributed by atoms with van der Waals surface area (Å²) in [5, 5.41) is 16.5. The zero-order valence-electron chi connectivity index (χ0n) is 16.4. The van der Waals surface area contributed by atoms with Gasteiger partial charge >= 0.3 is 0 Å². The fraction of sp³-hybridized carbons (Fsp3) is 0.174. The molecule has 0 amide bonds. The zero-order chi connectivity index (χ0) is 21.1. The normalized spacial score (nSPS) is 12.1. The van der Waals surface area contributed by atoms with Gasteiger partial charge in [0.1, 0.15) is 11.5 Å². The van der Waals surface area contributed by atoms with E-state index in [-0.39, 0.29) is 17.4 Å². The number of benzene rings is 2. The highest BCUT2D eigenvalue weighted by Gasteiger charge is 2.19. The highest BCUT2D eigenvalue weighted by Crippen LogP contribution is 2.32. The van der Waals surface area contributed by atoms with E-state index in [0.717, 1.165) is 17.3 Å². The molecular weight excluding hydrogens is 383 g/mol. The van der Waals surface area contributed by atoms with Crippen LogP contribution < -0.4 is 5.43 Å². The van der Waals surface area contributed by atoms with Gasteiger partial charge < -0.3 is 9.67 Å². The van der Waals surface area contributed by atoms with Crippen molar-refractivity contribution in [3.05, 3.63) is 99.9 Å². The third kappa shape index (κ3) is 3.87. The molecule has 0 aliphatic heterocycles. The highest BCUT2D eigenvalue weighted by atomic mass is 19.1. The number of nitrogens with one attached hydrogen (secondary N) is 1. The Morgan fingerprint density at radius 3 is 2.70 bits per heavy atom. The van der Waals surface area contributed by atoms with Crippen LogP contribution in [0.5, 0.6) is 5.75 Å². The lowest BCUT2D eigenvalue weighted by atomic mass is 9.86. The van der Waals surface area contributed by atoms with E-state index in [4.69, 9.17) is 0 Å². The van der Waals surface area contributed by atoms with Gasteiger partial charge in [-0.1, -0.05) is 36.4 Å². The quantitative estimate of drug-likeness (QED) is 0.509. The van der Waals surface area contributed by atoms with Gasteiger partial charge in [-0.3, -0.25) is 9.89 Å². The van der Waals surface area contributed by atoms with Crippen LogP contribution in [0.4, 0.5) is 4.39 Å². The Kier molecular flexibility index (Phi) is 5.43. The van der Waals surface area contributed by atoms with E-state index in [1.807, 2.05) is 28.8 Å². The Hall–Kier alpha value is -3.74. The van der Waals surface area contributed by atoms with Crippen LogP contribution in [0.1, 0.15) is 29.0 Å². The molecule has 6 nitrogen and oxygen atoms in total. The van der Waals surface area contributed by atoms with Crippen molar-refractivity contribution in [2.45, 2.75) is 25.8 Å². The predicted octanol–water partition coefficient (Wildman–Crippen LogP) is 4.01. The average molecular weight is 404 g/mol. The second kappa shape index (κ2) is 8.32. The predicted molar refractivity (Wildman–Crippen MR) is 112 cm³/mol. The number of hydrogen-bond donors (Lipinski definition) is 2. The average Bonchev–Trinajstić information content (AvgIpc) is 3.21. The van der Waals surface area contributed by atoms with Crippen LogP contribution in [0, 0.1) is 12.7 Å². The Labute approximate surface area is 172 Å². The lowest BCUT2D eigenvalue weighted by Crippen LogP contribution is -2.11. The maximum absolute atomic E-state index is 13.5. The molecule has 4 aromatic rings. The third-order valence-corrected chi connectivity index (χ3v) is 5.26. The SMILES string of the molecule is Cc1ccccc1C(CCn1ccnc1-c1[nH]ncc(=O)c1O)c1ccc(F)cc1. The Balaban J connectivity index is 1.67. The lowest BCUT2D eigenvalue weighted by molar-refractivity contribution is 0.466. The molecule has 0 aliphatic carbocycles. The third-order valence-electron chi connectivity index (χ3n) is 5.26. The van der Waals surface area contributed by atoms with Crippen molar-refractivity contribution < 1.29 is 9.50 Å². The summed E-state index contributed by atoms with van der Waals surface area (Å²) in [6.45, 7) is 2.63. The first-order chi connectivity index (χ1) is 14.5. The van der Waals surface area contributed by atoms with Gasteiger partial charge in [-0.2, -0.15) is 5.10 Å². The summed E-state index contributed by atoms with van der Waals surface area (Å²) in [5.74, 6) is -0.203.